The zero-order valence-electron chi connectivity index (χ0n) is 14.3. The lowest BCUT2D eigenvalue weighted by Crippen LogP contribution is -2.44. The molecule has 1 fully saturated rings. The van der Waals surface area contributed by atoms with Gasteiger partial charge in [-0.25, -0.2) is 0 Å². The normalized spacial score (nSPS) is 17.4. The molecule has 1 aliphatic rings. The number of pyridine rings is 1. The van der Waals surface area contributed by atoms with E-state index in [-0.39, 0.29) is 5.91 Å². The number of thioether (sulfide) groups is 1. The number of carbonyl (C=O) groups is 1. The van der Waals surface area contributed by atoms with Crippen molar-refractivity contribution in [3.63, 3.8) is 0 Å². The van der Waals surface area contributed by atoms with E-state index in [9.17, 15) is 9.90 Å². The van der Waals surface area contributed by atoms with E-state index in [1.807, 2.05) is 24.3 Å². The maximum absolute atomic E-state index is 12.7. The van der Waals surface area contributed by atoms with Crippen LogP contribution in [0.3, 0.4) is 0 Å². The van der Waals surface area contributed by atoms with Crippen molar-refractivity contribution in [2.45, 2.75) is 43.0 Å². The summed E-state index contributed by atoms with van der Waals surface area (Å²) in [4.78, 5) is 19.9. The molecular formula is C20H24N2O2S. The molecule has 0 bridgehead atoms. The van der Waals surface area contributed by atoms with Crippen molar-refractivity contribution in [2.24, 2.45) is 0 Å². The summed E-state index contributed by atoms with van der Waals surface area (Å²) in [6.45, 7) is 0.871. The summed E-state index contributed by atoms with van der Waals surface area (Å²) < 4.78 is 0. The summed E-state index contributed by atoms with van der Waals surface area (Å²) in [7, 11) is 0. The Morgan fingerprint density at radius 1 is 1.16 bits per heavy atom. The Morgan fingerprint density at radius 2 is 1.92 bits per heavy atom. The van der Waals surface area contributed by atoms with Gasteiger partial charge in [0.05, 0.1) is 5.75 Å². The van der Waals surface area contributed by atoms with E-state index in [2.05, 4.69) is 9.88 Å². The van der Waals surface area contributed by atoms with Crippen LogP contribution < -0.4 is 0 Å². The topological polar surface area (TPSA) is 53.4 Å². The highest BCUT2D eigenvalue weighted by Crippen LogP contribution is 2.24. The number of aromatic nitrogens is 1. The van der Waals surface area contributed by atoms with Gasteiger partial charge in [-0.1, -0.05) is 12.1 Å². The molecule has 1 N–H and O–H groups in total. The average molecular weight is 356 g/mol. The molecule has 0 radical (unpaired) electrons. The van der Waals surface area contributed by atoms with Crippen LogP contribution in [0.25, 0.3) is 0 Å². The monoisotopic (exact) mass is 356 g/mol. The van der Waals surface area contributed by atoms with Gasteiger partial charge in [-0.3, -0.25) is 9.78 Å². The molecule has 25 heavy (non-hydrogen) atoms. The van der Waals surface area contributed by atoms with E-state index in [4.69, 9.17) is 0 Å². The second-order valence-electron chi connectivity index (χ2n) is 6.41. The number of benzene rings is 1. The highest BCUT2D eigenvalue weighted by atomic mass is 32.2. The molecule has 4 nitrogen and oxygen atoms in total. The van der Waals surface area contributed by atoms with E-state index >= 15 is 0 Å². The van der Waals surface area contributed by atoms with Gasteiger partial charge in [0.25, 0.3) is 0 Å². The minimum absolute atomic E-state index is 0.234. The lowest BCUT2D eigenvalue weighted by Gasteiger charge is -2.36. The second-order valence-corrected chi connectivity index (χ2v) is 7.46. The van der Waals surface area contributed by atoms with Crippen LogP contribution in [0.15, 0.2) is 53.7 Å². The van der Waals surface area contributed by atoms with E-state index in [0.29, 0.717) is 17.5 Å². The van der Waals surface area contributed by atoms with Gasteiger partial charge in [0, 0.05) is 29.9 Å². The number of aryl methyl sites for hydroxylation is 1. The third-order valence-electron chi connectivity index (χ3n) is 4.66. The SMILES string of the molecule is O=C(CSc1ccncc1)N1CCCCC1CCc1ccc(O)cc1. The number of nitrogens with zero attached hydrogens (tertiary/aromatic N) is 2. The molecule has 2 heterocycles. The van der Waals surface area contributed by atoms with Crippen molar-refractivity contribution in [3.05, 3.63) is 54.4 Å². The number of carbonyl (C=O) groups excluding carboxylic acids is 1. The van der Waals surface area contributed by atoms with Crippen LogP contribution in [-0.4, -0.2) is 39.2 Å². The number of likely N-dealkylation sites (tertiary alicyclic amines) is 1. The third-order valence-corrected chi connectivity index (χ3v) is 5.66. The van der Waals surface area contributed by atoms with Gasteiger partial charge in [-0.15, -0.1) is 11.8 Å². The van der Waals surface area contributed by atoms with Crippen molar-refractivity contribution in [1.82, 2.24) is 9.88 Å². The van der Waals surface area contributed by atoms with Crippen molar-refractivity contribution in [3.8, 4) is 5.75 Å². The number of piperidine rings is 1. The first-order valence-corrected chi connectivity index (χ1v) is 9.81. The molecule has 1 saturated heterocycles. The van der Waals surface area contributed by atoms with Crippen molar-refractivity contribution >= 4 is 17.7 Å². The predicted octanol–water partition coefficient (Wildman–Crippen LogP) is 3.89. The van der Waals surface area contributed by atoms with E-state index in [1.54, 1.807) is 36.3 Å². The maximum Gasteiger partial charge on any atom is 0.233 e. The molecule has 1 aliphatic heterocycles. The molecule has 1 unspecified atom stereocenters. The highest BCUT2D eigenvalue weighted by Gasteiger charge is 2.26. The summed E-state index contributed by atoms with van der Waals surface area (Å²) in [6, 6.07) is 11.6. The number of hydrogen-bond donors (Lipinski definition) is 1. The molecule has 0 aliphatic carbocycles. The van der Waals surface area contributed by atoms with Crippen LogP contribution in [0, 0.1) is 0 Å². The predicted molar refractivity (Wildman–Crippen MR) is 101 cm³/mol. The molecule has 1 aromatic carbocycles. The average Bonchev–Trinajstić information content (AvgIpc) is 2.67. The highest BCUT2D eigenvalue weighted by molar-refractivity contribution is 8.00. The molecule has 1 atom stereocenters. The summed E-state index contributed by atoms with van der Waals surface area (Å²) in [5, 5.41) is 9.38. The fourth-order valence-corrected chi connectivity index (χ4v) is 4.06. The van der Waals surface area contributed by atoms with Crippen molar-refractivity contribution in [2.75, 3.05) is 12.3 Å². The number of aromatic hydroxyl groups is 1. The minimum Gasteiger partial charge on any atom is -0.508 e. The first kappa shape index (κ1) is 17.8. The standard InChI is InChI=1S/C20H24N2O2S/c23-18-8-5-16(6-9-18)4-7-17-3-1-2-14-22(17)20(24)15-25-19-10-12-21-13-11-19/h5-6,8-13,17,23H,1-4,7,14-15H2. The van der Waals surface area contributed by atoms with Crippen LogP contribution in [0.1, 0.15) is 31.2 Å². The largest absolute Gasteiger partial charge is 0.508 e. The smallest absolute Gasteiger partial charge is 0.233 e. The third kappa shape index (κ3) is 5.23. The van der Waals surface area contributed by atoms with Crippen LogP contribution in [0.4, 0.5) is 0 Å². The number of amides is 1. The van der Waals surface area contributed by atoms with Gasteiger partial charge in [-0.05, 0) is 61.9 Å². The summed E-state index contributed by atoms with van der Waals surface area (Å²) in [6.07, 6.45) is 8.82. The molecule has 0 spiro atoms. The Balaban J connectivity index is 1.54. The zero-order valence-corrected chi connectivity index (χ0v) is 15.1. The van der Waals surface area contributed by atoms with Gasteiger partial charge in [0.1, 0.15) is 5.75 Å². The van der Waals surface area contributed by atoms with E-state index < -0.39 is 0 Å². The van der Waals surface area contributed by atoms with Gasteiger partial charge >= 0.3 is 0 Å². The first-order valence-electron chi connectivity index (χ1n) is 8.82. The second kappa shape index (κ2) is 8.90. The number of hydrogen-bond acceptors (Lipinski definition) is 4. The first-order chi connectivity index (χ1) is 12.2. The lowest BCUT2D eigenvalue weighted by atomic mass is 9.96. The minimum atomic E-state index is 0.234. The van der Waals surface area contributed by atoms with Crippen LogP contribution in [-0.2, 0) is 11.2 Å². The lowest BCUT2D eigenvalue weighted by molar-refractivity contribution is -0.132. The van der Waals surface area contributed by atoms with Gasteiger partial charge < -0.3 is 10.0 Å². The number of phenolic OH excluding ortho intramolecular Hbond substituents is 1. The van der Waals surface area contributed by atoms with Crippen molar-refractivity contribution in [1.29, 1.82) is 0 Å². The van der Waals surface area contributed by atoms with Gasteiger partial charge in [0.2, 0.25) is 5.91 Å². The maximum atomic E-state index is 12.7. The molecule has 0 saturated carbocycles. The van der Waals surface area contributed by atoms with Crippen molar-refractivity contribution < 1.29 is 9.90 Å². The molecule has 5 heteroatoms. The molecule has 1 aromatic heterocycles. The number of phenols is 1. The van der Waals surface area contributed by atoms with Crippen LogP contribution in [0.5, 0.6) is 5.75 Å². The number of rotatable bonds is 6. The van der Waals surface area contributed by atoms with Gasteiger partial charge in [-0.2, -0.15) is 0 Å². The quantitative estimate of drug-likeness (QED) is 0.798. The Hall–Kier alpha value is -2.01. The van der Waals surface area contributed by atoms with Gasteiger partial charge in [0.15, 0.2) is 0 Å². The Bertz CT molecular complexity index is 676. The summed E-state index contributed by atoms with van der Waals surface area (Å²) >= 11 is 1.58. The zero-order chi connectivity index (χ0) is 17.5. The van der Waals surface area contributed by atoms with E-state index in [1.165, 1.54) is 12.0 Å². The Morgan fingerprint density at radius 3 is 2.68 bits per heavy atom. The Labute approximate surface area is 153 Å². The Kier molecular flexibility index (Phi) is 6.34. The fourth-order valence-electron chi connectivity index (χ4n) is 3.29. The fraction of sp³-hybridized carbons (Fsp3) is 0.400. The summed E-state index contributed by atoms with van der Waals surface area (Å²) in [5.74, 6) is 1.02. The molecular weight excluding hydrogens is 332 g/mol. The van der Waals surface area contributed by atoms with Crippen LogP contribution >= 0.6 is 11.8 Å². The molecule has 1 amide bonds. The van der Waals surface area contributed by atoms with Crippen LogP contribution in [0.2, 0.25) is 0 Å². The molecule has 132 valence electrons. The summed E-state index contributed by atoms with van der Waals surface area (Å²) in [5.41, 5.74) is 1.21. The molecule has 2 aromatic rings. The molecule has 3 rings (SSSR count). The van der Waals surface area contributed by atoms with E-state index in [0.717, 1.165) is 37.1 Å².